The minimum Gasteiger partial charge on any atom is -0.293 e. The molecule has 96 valence electrons. The topological polar surface area (TPSA) is 104 Å². The summed E-state index contributed by atoms with van der Waals surface area (Å²) in [4.78, 5) is 4.98. The molecule has 2 aromatic rings. The lowest BCUT2D eigenvalue weighted by Crippen LogP contribution is -2.18. The Hall–Kier alpha value is -1.32. The van der Waals surface area contributed by atoms with Gasteiger partial charge in [-0.15, -0.1) is 21.5 Å². The maximum Gasteiger partial charge on any atom is 0.273 e. The smallest absolute Gasteiger partial charge is 0.273 e. The molecule has 18 heavy (non-hydrogen) atoms. The number of nitrogens with zero attached hydrogens (tertiary/aromatic N) is 4. The number of rotatable bonds is 3. The number of thiazole rings is 1. The van der Waals surface area contributed by atoms with Gasteiger partial charge in [0.15, 0.2) is 5.82 Å². The predicted molar refractivity (Wildman–Crippen MR) is 65.5 cm³/mol. The van der Waals surface area contributed by atoms with Crippen LogP contribution in [0.1, 0.15) is 24.6 Å². The minimum atomic E-state index is -3.85. The van der Waals surface area contributed by atoms with Gasteiger partial charge in [-0.1, -0.05) is 0 Å². The summed E-state index contributed by atoms with van der Waals surface area (Å²) in [5.74, 6) is 0.543. The number of primary sulfonamides is 1. The molecule has 0 amide bonds. The van der Waals surface area contributed by atoms with E-state index in [1.165, 1.54) is 11.3 Å². The summed E-state index contributed by atoms with van der Waals surface area (Å²) < 4.78 is 24.6. The molecule has 0 radical (unpaired) electrons. The Labute approximate surface area is 108 Å². The van der Waals surface area contributed by atoms with Crippen LogP contribution < -0.4 is 5.14 Å². The quantitative estimate of drug-likeness (QED) is 0.893. The maximum absolute atomic E-state index is 11.5. The fraction of sp³-hybridized carbons (Fsp3) is 0.444. The van der Waals surface area contributed by atoms with Crippen molar-refractivity contribution < 1.29 is 8.42 Å². The third kappa shape index (κ3) is 1.84. The van der Waals surface area contributed by atoms with Crippen LogP contribution in [0, 0.1) is 6.92 Å². The van der Waals surface area contributed by atoms with Gasteiger partial charge in [-0.2, -0.15) is 0 Å². The molecule has 0 aliphatic heterocycles. The number of sulfonamides is 1. The van der Waals surface area contributed by atoms with Gasteiger partial charge in [0.1, 0.15) is 0 Å². The number of hydrogen-bond acceptors (Lipinski definition) is 6. The van der Waals surface area contributed by atoms with Crippen LogP contribution in [0.2, 0.25) is 0 Å². The fourth-order valence-electron chi connectivity index (χ4n) is 1.80. The van der Waals surface area contributed by atoms with E-state index in [0.29, 0.717) is 5.82 Å². The molecule has 1 saturated carbocycles. The van der Waals surface area contributed by atoms with E-state index >= 15 is 0 Å². The maximum atomic E-state index is 11.5. The summed E-state index contributed by atoms with van der Waals surface area (Å²) in [6.45, 7) is 1.86. The first kappa shape index (κ1) is 11.8. The summed E-state index contributed by atoms with van der Waals surface area (Å²) in [5.41, 5.74) is 2.52. The van der Waals surface area contributed by atoms with Crippen molar-refractivity contribution in [3.8, 4) is 10.7 Å². The SMILES string of the molecule is Cc1ncsc1-c1nnc(S(N)(=O)=O)n1C1CC1. The van der Waals surface area contributed by atoms with Crippen molar-refractivity contribution in [2.45, 2.75) is 31.0 Å². The summed E-state index contributed by atoms with van der Waals surface area (Å²) in [6.07, 6.45) is 1.84. The van der Waals surface area contributed by atoms with Gasteiger partial charge in [-0.3, -0.25) is 4.57 Å². The third-order valence-electron chi connectivity index (χ3n) is 2.78. The Kier molecular flexibility index (Phi) is 2.50. The second kappa shape index (κ2) is 3.84. The first-order chi connectivity index (χ1) is 8.48. The molecular formula is C9H11N5O2S2. The third-order valence-corrected chi connectivity index (χ3v) is 4.49. The van der Waals surface area contributed by atoms with Crippen LogP contribution in [0.25, 0.3) is 10.7 Å². The zero-order valence-electron chi connectivity index (χ0n) is 9.57. The van der Waals surface area contributed by atoms with Crippen molar-refractivity contribution in [3.05, 3.63) is 11.2 Å². The van der Waals surface area contributed by atoms with E-state index in [2.05, 4.69) is 15.2 Å². The molecule has 1 fully saturated rings. The van der Waals surface area contributed by atoms with Gasteiger partial charge in [0.2, 0.25) is 0 Å². The lowest BCUT2D eigenvalue weighted by atomic mass is 10.4. The number of aryl methyl sites for hydroxylation is 1. The lowest BCUT2D eigenvalue weighted by molar-refractivity contribution is 0.567. The fourth-order valence-corrected chi connectivity index (χ4v) is 3.25. The average Bonchev–Trinajstić information content (AvgIpc) is 2.86. The van der Waals surface area contributed by atoms with Crippen LogP contribution in [0.3, 0.4) is 0 Å². The Morgan fingerprint density at radius 2 is 2.17 bits per heavy atom. The van der Waals surface area contributed by atoms with Crippen molar-refractivity contribution in [2.75, 3.05) is 0 Å². The molecular weight excluding hydrogens is 274 g/mol. The molecule has 0 saturated heterocycles. The van der Waals surface area contributed by atoms with Crippen molar-refractivity contribution in [3.63, 3.8) is 0 Å². The Bertz CT molecular complexity index is 698. The molecule has 2 heterocycles. The highest BCUT2D eigenvalue weighted by atomic mass is 32.2. The van der Waals surface area contributed by atoms with Gasteiger partial charge in [0.05, 0.1) is 16.1 Å². The van der Waals surface area contributed by atoms with Gasteiger partial charge in [0.25, 0.3) is 15.2 Å². The second-order valence-electron chi connectivity index (χ2n) is 4.22. The number of hydrogen-bond donors (Lipinski definition) is 1. The Balaban J connectivity index is 2.23. The zero-order chi connectivity index (χ0) is 12.9. The number of aromatic nitrogens is 4. The van der Waals surface area contributed by atoms with E-state index in [0.717, 1.165) is 23.4 Å². The van der Waals surface area contributed by atoms with Crippen LogP contribution >= 0.6 is 11.3 Å². The van der Waals surface area contributed by atoms with Gasteiger partial charge in [-0.25, -0.2) is 18.5 Å². The van der Waals surface area contributed by atoms with E-state index in [4.69, 9.17) is 5.14 Å². The highest BCUT2D eigenvalue weighted by Crippen LogP contribution is 2.40. The van der Waals surface area contributed by atoms with E-state index in [9.17, 15) is 8.42 Å². The van der Waals surface area contributed by atoms with Crippen LogP contribution in [0.4, 0.5) is 0 Å². The normalized spacial score (nSPS) is 16.1. The largest absolute Gasteiger partial charge is 0.293 e. The van der Waals surface area contributed by atoms with Crippen molar-refractivity contribution in [1.82, 2.24) is 19.7 Å². The highest BCUT2D eigenvalue weighted by Gasteiger charge is 2.34. The summed E-state index contributed by atoms with van der Waals surface area (Å²) in [5, 5.41) is 12.7. The van der Waals surface area contributed by atoms with Gasteiger partial charge in [0, 0.05) is 6.04 Å². The summed E-state index contributed by atoms with van der Waals surface area (Å²) in [6, 6.07) is 0.129. The molecule has 0 aromatic carbocycles. The van der Waals surface area contributed by atoms with Crippen molar-refractivity contribution in [2.24, 2.45) is 5.14 Å². The van der Waals surface area contributed by atoms with Gasteiger partial charge < -0.3 is 0 Å². The highest BCUT2D eigenvalue weighted by molar-refractivity contribution is 7.89. The second-order valence-corrected chi connectivity index (χ2v) is 6.53. The van der Waals surface area contributed by atoms with Crippen molar-refractivity contribution >= 4 is 21.4 Å². The van der Waals surface area contributed by atoms with Crippen LogP contribution in [-0.2, 0) is 10.0 Å². The average molecular weight is 285 g/mol. The molecule has 0 unspecified atom stereocenters. The summed E-state index contributed by atoms with van der Waals surface area (Å²) in [7, 11) is -3.85. The molecule has 2 aromatic heterocycles. The van der Waals surface area contributed by atoms with Crippen LogP contribution in [0.5, 0.6) is 0 Å². The first-order valence-electron chi connectivity index (χ1n) is 5.36. The summed E-state index contributed by atoms with van der Waals surface area (Å²) >= 11 is 1.42. The van der Waals surface area contributed by atoms with Gasteiger partial charge >= 0.3 is 0 Å². The van der Waals surface area contributed by atoms with Gasteiger partial charge in [-0.05, 0) is 19.8 Å². The number of nitrogens with two attached hydrogens (primary N) is 1. The van der Waals surface area contributed by atoms with E-state index < -0.39 is 10.0 Å². The minimum absolute atomic E-state index is 0.129. The Morgan fingerprint density at radius 1 is 1.44 bits per heavy atom. The predicted octanol–water partition coefficient (Wildman–Crippen LogP) is 0.692. The van der Waals surface area contributed by atoms with Crippen LogP contribution in [-0.4, -0.2) is 28.2 Å². The molecule has 3 rings (SSSR count). The molecule has 1 aliphatic carbocycles. The molecule has 9 heteroatoms. The molecule has 0 bridgehead atoms. The molecule has 1 aliphatic rings. The Morgan fingerprint density at radius 3 is 2.67 bits per heavy atom. The molecule has 0 spiro atoms. The molecule has 7 nitrogen and oxygen atoms in total. The van der Waals surface area contributed by atoms with Crippen LogP contribution in [0.15, 0.2) is 10.7 Å². The lowest BCUT2D eigenvalue weighted by Gasteiger charge is -2.06. The monoisotopic (exact) mass is 285 g/mol. The van der Waals surface area contributed by atoms with E-state index in [1.54, 1.807) is 10.1 Å². The van der Waals surface area contributed by atoms with Crippen molar-refractivity contribution in [1.29, 1.82) is 0 Å². The molecule has 0 atom stereocenters. The van der Waals surface area contributed by atoms with E-state index in [1.807, 2.05) is 6.92 Å². The zero-order valence-corrected chi connectivity index (χ0v) is 11.2. The first-order valence-corrected chi connectivity index (χ1v) is 7.79. The standard InChI is InChI=1S/C9H11N5O2S2/c1-5-7(17-4-11-5)8-12-13-9(18(10,15)16)14(8)6-2-3-6/h4,6H,2-3H2,1H3,(H2,10,15,16). The van der Waals surface area contributed by atoms with E-state index in [-0.39, 0.29) is 11.2 Å². The molecule has 2 N–H and O–H groups in total.